The Morgan fingerprint density at radius 1 is 1.44 bits per heavy atom. The molecule has 98 valence electrons. The van der Waals surface area contributed by atoms with Gasteiger partial charge in [-0.1, -0.05) is 0 Å². The Morgan fingerprint density at radius 2 is 2.28 bits per heavy atom. The van der Waals surface area contributed by atoms with Crippen LogP contribution in [0.25, 0.3) is 0 Å². The Labute approximate surface area is 105 Å². The average Bonchev–Trinajstić information content (AvgIpc) is 2.89. The lowest BCUT2D eigenvalue weighted by Gasteiger charge is -2.30. The van der Waals surface area contributed by atoms with Gasteiger partial charge in [0.25, 0.3) is 0 Å². The third kappa shape index (κ3) is 3.09. The third-order valence-corrected chi connectivity index (χ3v) is 3.24. The first kappa shape index (κ1) is 12.6. The molecular weight excluding hydrogens is 234 g/mol. The maximum Gasteiger partial charge on any atom is 0.308 e. The fourth-order valence-electron chi connectivity index (χ4n) is 2.21. The van der Waals surface area contributed by atoms with Crippen LogP contribution in [0.5, 0.6) is 0 Å². The summed E-state index contributed by atoms with van der Waals surface area (Å²) in [6.07, 6.45) is 5.28. The fraction of sp³-hybridized carbons (Fsp3) is 0.583. The number of aliphatic carboxylic acids is 1. The van der Waals surface area contributed by atoms with Crippen LogP contribution in [0.2, 0.25) is 0 Å². The predicted octanol–water partition coefficient (Wildman–Crippen LogP) is 0.596. The van der Waals surface area contributed by atoms with Crippen molar-refractivity contribution in [1.82, 2.24) is 14.7 Å². The van der Waals surface area contributed by atoms with Crippen molar-refractivity contribution in [1.29, 1.82) is 0 Å². The van der Waals surface area contributed by atoms with E-state index in [1.165, 1.54) is 0 Å². The molecule has 1 saturated heterocycles. The number of hydrogen-bond acceptors (Lipinski definition) is 3. The van der Waals surface area contributed by atoms with Crippen LogP contribution < -0.4 is 0 Å². The molecule has 0 saturated carbocycles. The minimum absolute atomic E-state index is 0.0106. The fourth-order valence-corrected chi connectivity index (χ4v) is 2.21. The van der Waals surface area contributed by atoms with E-state index in [1.54, 1.807) is 15.8 Å². The van der Waals surface area contributed by atoms with Gasteiger partial charge >= 0.3 is 5.97 Å². The molecule has 6 nitrogen and oxygen atoms in total. The number of nitrogens with zero attached hydrogens (tertiary/aromatic N) is 3. The molecule has 0 unspecified atom stereocenters. The Morgan fingerprint density at radius 3 is 2.94 bits per heavy atom. The number of carbonyl (C=O) groups excluding carboxylic acids is 1. The lowest BCUT2D eigenvalue weighted by Crippen LogP contribution is -2.42. The van der Waals surface area contributed by atoms with Gasteiger partial charge in [-0.15, -0.1) is 0 Å². The van der Waals surface area contributed by atoms with Crippen molar-refractivity contribution in [2.24, 2.45) is 5.92 Å². The van der Waals surface area contributed by atoms with Crippen LogP contribution in [0.1, 0.15) is 19.3 Å². The first-order valence-corrected chi connectivity index (χ1v) is 6.15. The smallest absolute Gasteiger partial charge is 0.308 e. The summed E-state index contributed by atoms with van der Waals surface area (Å²) in [6.45, 7) is 1.55. The van der Waals surface area contributed by atoms with Gasteiger partial charge in [-0.2, -0.15) is 5.10 Å². The third-order valence-electron chi connectivity index (χ3n) is 3.24. The van der Waals surface area contributed by atoms with Gasteiger partial charge in [0.1, 0.15) is 0 Å². The summed E-state index contributed by atoms with van der Waals surface area (Å²) in [6, 6.07) is 1.81. The highest BCUT2D eigenvalue weighted by molar-refractivity contribution is 5.77. The van der Waals surface area contributed by atoms with E-state index >= 15 is 0 Å². The summed E-state index contributed by atoms with van der Waals surface area (Å²) in [7, 11) is 0. The minimum Gasteiger partial charge on any atom is -0.481 e. The number of aromatic nitrogens is 2. The SMILES string of the molecule is O=C(O)[C@H]1CCCN(C(=O)CCn2cccn2)C1. The van der Waals surface area contributed by atoms with Crippen LogP contribution in [0.3, 0.4) is 0 Å². The molecule has 1 aromatic heterocycles. The zero-order chi connectivity index (χ0) is 13.0. The number of amides is 1. The van der Waals surface area contributed by atoms with Crippen molar-refractivity contribution < 1.29 is 14.7 Å². The van der Waals surface area contributed by atoms with Gasteiger partial charge in [-0.25, -0.2) is 0 Å². The number of aryl methyl sites for hydroxylation is 1. The maximum atomic E-state index is 12.0. The van der Waals surface area contributed by atoms with Crippen molar-refractivity contribution in [2.45, 2.75) is 25.8 Å². The first-order valence-electron chi connectivity index (χ1n) is 6.15. The van der Waals surface area contributed by atoms with Gasteiger partial charge < -0.3 is 10.0 Å². The molecule has 1 amide bonds. The van der Waals surface area contributed by atoms with Crippen LogP contribution in [0, 0.1) is 5.92 Å². The van der Waals surface area contributed by atoms with E-state index < -0.39 is 11.9 Å². The van der Waals surface area contributed by atoms with E-state index in [0.717, 1.165) is 6.42 Å². The van der Waals surface area contributed by atoms with Crippen LogP contribution in [-0.4, -0.2) is 44.8 Å². The van der Waals surface area contributed by atoms with E-state index in [9.17, 15) is 9.59 Å². The second kappa shape index (κ2) is 5.66. The maximum absolute atomic E-state index is 12.0. The molecule has 1 aromatic rings. The summed E-state index contributed by atoms with van der Waals surface area (Å²) in [5.41, 5.74) is 0. The topological polar surface area (TPSA) is 75.4 Å². The number of carbonyl (C=O) groups is 2. The molecule has 0 aliphatic carbocycles. The molecule has 2 rings (SSSR count). The van der Waals surface area contributed by atoms with Gasteiger partial charge in [-0.05, 0) is 18.9 Å². The van der Waals surface area contributed by atoms with E-state index in [0.29, 0.717) is 32.5 Å². The van der Waals surface area contributed by atoms with Gasteiger partial charge in [-0.3, -0.25) is 14.3 Å². The molecular formula is C12H17N3O3. The highest BCUT2D eigenvalue weighted by atomic mass is 16.4. The van der Waals surface area contributed by atoms with E-state index in [1.807, 2.05) is 12.3 Å². The lowest BCUT2D eigenvalue weighted by molar-refractivity contribution is -0.145. The number of piperidine rings is 1. The number of rotatable bonds is 4. The molecule has 6 heteroatoms. The quantitative estimate of drug-likeness (QED) is 0.850. The second-order valence-electron chi connectivity index (χ2n) is 4.54. The second-order valence-corrected chi connectivity index (χ2v) is 4.54. The van der Waals surface area contributed by atoms with Crippen molar-refractivity contribution >= 4 is 11.9 Å². The van der Waals surface area contributed by atoms with Crippen LogP contribution >= 0.6 is 0 Å². The van der Waals surface area contributed by atoms with E-state index in [4.69, 9.17) is 5.11 Å². The Hall–Kier alpha value is -1.85. The molecule has 18 heavy (non-hydrogen) atoms. The molecule has 1 aliphatic rings. The lowest BCUT2D eigenvalue weighted by atomic mass is 9.98. The number of carboxylic acids is 1. The standard InChI is InChI=1S/C12H17N3O3/c16-11(4-8-15-7-2-5-13-15)14-6-1-3-10(9-14)12(17)18/h2,5,7,10H,1,3-4,6,8-9H2,(H,17,18)/t10-/m0/s1. The molecule has 2 heterocycles. The normalized spacial score (nSPS) is 19.8. The Bertz CT molecular complexity index is 416. The van der Waals surface area contributed by atoms with Gasteiger partial charge in [0.15, 0.2) is 0 Å². The van der Waals surface area contributed by atoms with Gasteiger partial charge in [0, 0.05) is 38.4 Å². The van der Waals surface area contributed by atoms with Gasteiger partial charge in [0.05, 0.1) is 5.92 Å². The molecule has 1 aliphatic heterocycles. The molecule has 0 bridgehead atoms. The summed E-state index contributed by atoms with van der Waals surface area (Å²) >= 11 is 0. The molecule has 0 radical (unpaired) electrons. The highest BCUT2D eigenvalue weighted by Gasteiger charge is 2.27. The van der Waals surface area contributed by atoms with Gasteiger partial charge in [0.2, 0.25) is 5.91 Å². The predicted molar refractivity (Wildman–Crippen MR) is 63.8 cm³/mol. The zero-order valence-electron chi connectivity index (χ0n) is 10.2. The number of likely N-dealkylation sites (tertiary alicyclic amines) is 1. The monoisotopic (exact) mass is 251 g/mol. The average molecular weight is 251 g/mol. The van der Waals surface area contributed by atoms with Crippen molar-refractivity contribution in [3.8, 4) is 0 Å². The van der Waals surface area contributed by atoms with Crippen molar-refractivity contribution in [3.05, 3.63) is 18.5 Å². The molecule has 0 spiro atoms. The molecule has 1 N–H and O–H groups in total. The summed E-state index contributed by atoms with van der Waals surface area (Å²) in [5, 5.41) is 13.0. The largest absolute Gasteiger partial charge is 0.481 e. The summed E-state index contributed by atoms with van der Waals surface area (Å²) in [4.78, 5) is 24.5. The number of carboxylic acid groups (broad SMARTS) is 1. The summed E-state index contributed by atoms with van der Waals surface area (Å²) in [5.74, 6) is -1.21. The molecule has 1 atom stereocenters. The highest BCUT2D eigenvalue weighted by Crippen LogP contribution is 2.17. The van der Waals surface area contributed by atoms with E-state index in [2.05, 4.69) is 5.10 Å². The summed E-state index contributed by atoms with van der Waals surface area (Å²) < 4.78 is 1.70. The van der Waals surface area contributed by atoms with Crippen molar-refractivity contribution in [2.75, 3.05) is 13.1 Å². The van der Waals surface area contributed by atoms with Crippen LogP contribution in [0.15, 0.2) is 18.5 Å². The molecule has 1 fully saturated rings. The zero-order valence-corrected chi connectivity index (χ0v) is 10.2. The van der Waals surface area contributed by atoms with E-state index in [-0.39, 0.29) is 5.91 Å². The Kier molecular flexibility index (Phi) is 3.96. The van der Waals surface area contributed by atoms with Crippen LogP contribution in [0.4, 0.5) is 0 Å². The Balaban J connectivity index is 1.83. The van der Waals surface area contributed by atoms with Crippen molar-refractivity contribution in [3.63, 3.8) is 0 Å². The minimum atomic E-state index is -0.806. The molecule has 0 aromatic carbocycles. The number of hydrogen-bond donors (Lipinski definition) is 1. The first-order chi connectivity index (χ1) is 8.66. The van der Waals surface area contributed by atoms with Crippen LogP contribution in [-0.2, 0) is 16.1 Å².